The van der Waals surface area contributed by atoms with Crippen molar-refractivity contribution >= 4 is 34.5 Å². The van der Waals surface area contributed by atoms with Crippen LogP contribution in [-0.2, 0) is 0 Å². The molecule has 0 saturated carbocycles. The summed E-state index contributed by atoms with van der Waals surface area (Å²) in [6.45, 7) is 0.393. The van der Waals surface area contributed by atoms with E-state index in [2.05, 4.69) is 34.6 Å². The number of fused-ring (bicyclic) bond motifs is 1. The minimum atomic E-state index is -0.294. The number of nitrogens with one attached hydrogen (secondary N) is 3. The standard InChI is InChI=1S/C12H9N7OS/c20-12-13-4-9(17-18-12)6-1-2-7-8(3-6)16-11(15-7)10-5-14-21-19-10/h1-3,5H,4H2,(H,15,16)(H2,13,18,20). The minimum Gasteiger partial charge on any atom is -0.337 e. The van der Waals surface area contributed by atoms with Gasteiger partial charge in [0.1, 0.15) is 5.69 Å². The number of nitrogens with zero attached hydrogens (tertiary/aromatic N) is 4. The number of hydrogen-bond acceptors (Lipinski definition) is 6. The van der Waals surface area contributed by atoms with Gasteiger partial charge in [0.15, 0.2) is 5.82 Å². The molecule has 1 aromatic carbocycles. The van der Waals surface area contributed by atoms with Crippen LogP contribution in [0.4, 0.5) is 4.79 Å². The lowest BCUT2D eigenvalue weighted by molar-refractivity contribution is 0.241. The fraction of sp³-hybridized carbons (Fsp3) is 0.0833. The molecule has 9 heteroatoms. The van der Waals surface area contributed by atoms with E-state index in [0.29, 0.717) is 12.4 Å². The smallest absolute Gasteiger partial charge is 0.335 e. The summed E-state index contributed by atoms with van der Waals surface area (Å²) in [5, 5.41) is 6.72. The van der Waals surface area contributed by atoms with Gasteiger partial charge >= 0.3 is 6.03 Å². The van der Waals surface area contributed by atoms with Gasteiger partial charge < -0.3 is 10.3 Å². The summed E-state index contributed by atoms with van der Waals surface area (Å²) < 4.78 is 8.13. The molecule has 0 radical (unpaired) electrons. The number of hydrogen-bond donors (Lipinski definition) is 3. The Labute approximate surface area is 122 Å². The molecule has 0 fully saturated rings. The van der Waals surface area contributed by atoms with Crippen LogP contribution in [0.3, 0.4) is 0 Å². The van der Waals surface area contributed by atoms with Gasteiger partial charge in [-0.1, -0.05) is 6.07 Å². The molecule has 0 bridgehead atoms. The molecule has 0 aliphatic carbocycles. The van der Waals surface area contributed by atoms with E-state index in [9.17, 15) is 4.79 Å². The molecule has 3 N–H and O–H groups in total. The number of hydrazone groups is 1. The Balaban J connectivity index is 1.75. The van der Waals surface area contributed by atoms with E-state index >= 15 is 0 Å². The second-order valence-corrected chi connectivity index (χ2v) is 5.02. The van der Waals surface area contributed by atoms with Gasteiger partial charge in [-0.3, -0.25) is 0 Å². The third-order valence-corrected chi connectivity index (χ3v) is 3.61. The summed E-state index contributed by atoms with van der Waals surface area (Å²) >= 11 is 1.14. The number of urea groups is 1. The molecule has 104 valence electrons. The van der Waals surface area contributed by atoms with Gasteiger partial charge in [0.05, 0.1) is 41.2 Å². The third-order valence-electron chi connectivity index (χ3n) is 3.13. The van der Waals surface area contributed by atoms with E-state index in [1.165, 1.54) is 0 Å². The Hall–Kier alpha value is -2.81. The van der Waals surface area contributed by atoms with Crippen molar-refractivity contribution in [3.05, 3.63) is 30.0 Å². The molecule has 0 atom stereocenters. The van der Waals surface area contributed by atoms with Gasteiger partial charge in [-0.2, -0.15) is 13.8 Å². The van der Waals surface area contributed by atoms with Crippen LogP contribution in [0, 0.1) is 0 Å². The number of rotatable bonds is 2. The average Bonchev–Trinajstić information content (AvgIpc) is 3.16. The number of benzene rings is 1. The molecule has 4 rings (SSSR count). The van der Waals surface area contributed by atoms with Crippen LogP contribution in [-0.4, -0.2) is 37.0 Å². The molecule has 2 aromatic heterocycles. The maximum atomic E-state index is 11.0. The van der Waals surface area contributed by atoms with E-state index in [1.54, 1.807) is 6.20 Å². The normalized spacial score (nSPS) is 14.7. The van der Waals surface area contributed by atoms with E-state index in [0.717, 1.165) is 39.7 Å². The van der Waals surface area contributed by atoms with Crippen molar-refractivity contribution in [2.75, 3.05) is 6.54 Å². The molecule has 2 amide bonds. The number of aromatic amines is 1. The van der Waals surface area contributed by atoms with Crippen molar-refractivity contribution in [2.45, 2.75) is 0 Å². The number of carbonyl (C=O) groups is 1. The van der Waals surface area contributed by atoms with E-state index in [1.807, 2.05) is 18.2 Å². The topological polar surface area (TPSA) is 108 Å². The second kappa shape index (κ2) is 4.63. The van der Waals surface area contributed by atoms with Gasteiger partial charge in [-0.25, -0.2) is 15.2 Å². The van der Waals surface area contributed by atoms with Crippen molar-refractivity contribution in [3.8, 4) is 11.5 Å². The van der Waals surface area contributed by atoms with Crippen LogP contribution in [0.25, 0.3) is 22.6 Å². The quantitative estimate of drug-likeness (QED) is 0.658. The molecule has 3 heterocycles. The fourth-order valence-electron chi connectivity index (χ4n) is 2.10. The lowest BCUT2D eigenvalue weighted by atomic mass is 10.1. The molecule has 0 spiro atoms. The first-order valence-electron chi connectivity index (χ1n) is 6.18. The molecular formula is C12H9N7OS. The van der Waals surface area contributed by atoms with Crippen molar-refractivity contribution in [3.63, 3.8) is 0 Å². The Bertz CT molecular complexity index is 852. The third kappa shape index (κ3) is 2.13. The summed E-state index contributed by atoms with van der Waals surface area (Å²) in [5.41, 5.74) is 6.52. The van der Waals surface area contributed by atoms with Crippen molar-refractivity contribution in [1.29, 1.82) is 0 Å². The van der Waals surface area contributed by atoms with Gasteiger partial charge in [0, 0.05) is 5.56 Å². The Morgan fingerprint density at radius 2 is 2.24 bits per heavy atom. The Morgan fingerprint density at radius 3 is 3.00 bits per heavy atom. The zero-order chi connectivity index (χ0) is 14.2. The van der Waals surface area contributed by atoms with Crippen molar-refractivity contribution in [1.82, 2.24) is 29.5 Å². The average molecular weight is 299 g/mol. The zero-order valence-corrected chi connectivity index (χ0v) is 11.4. The van der Waals surface area contributed by atoms with Crippen LogP contribution >= 0.6 is 11.7 Å². The summed E-state index contributed by atoms with van der Waals surface area (Å²) in [6, 6.07) is 5.49. The highest BCUT2D eigenvalue weighted by molar-refractivity contribution is 6.99. The molecule has 8 nitrogen and oxygen atoms in total. The number of aromatic nitrogens is 4. The molecule has 1 aliphatic rings. The largest absolute Gasteiger partial charge is 0.337 e. The molecule has 0 unspecified atom stereocenters. The van der Waals surface area contributed by atoms with E-state index in [-0.39, 0.29) is 6.03 Å². The summed E-state index contributed by atoms with van der Waals surface area (Å²) in [5.74, 6) is 0.688. The number of H-pyrrole nitrogens is 1. The van der Waals surface area contributed by atoms with Gasteiger partial charge in [0.25, 0.3) is 0 Å². The maximum absolute atomic E-state index is 11.0. The lowest BCUT2D eigenvalue weighted by Gasteiger charge is -2.13. The highest BCUT2D eigenvalue weighted by Gasteiger charge is 2.14. The minimum absolute atomic E-state index is 0.294. The van der Waals surface area contributed by atoms with Crippen molar-refractivity contribution in [2.24, 2.45) is 5.10 Å². The summed E-state index contributed by atoms with van der Waals surface area (Å²) in [4.78, 5) is 18.7. The number of amides is 2. The van der Waals surface area contributed by atoms with Gasteiger partial charge in [-0.15, -0.1) is 0 Å². The first-order valence-corrected chi connectivity index (χ1v) is 6.91. The maximum Gasteiger partial charge on any atom is 0.335 e. The monoisotopic (exact) mass is 299 g/mol. The van der Waals surface area contributed by atoms with Crippen LogP contribution in [0.15, 0.2) is 29.5 Å². The highest BCUT2D eigenvalue weighted by Crippen LogP contribution is 2.20. The number of imidazole rings is 1. The predicted octanol–water partition coefficient (Wildman–Crippen LogP) is 1.10. The molecule has 21 heavy (non-hydrogen) atoms. The zero-order valence-electron chi connectivity index (χ0n) is 10.6. The number of carbonyl (C=O) groups excluding carboxylic acids is 1. The van der Waals surface area contributed by atoms with Crippen LogP contribution in [0.2, 0.25) is 0 Å². The van der Waals surface area contributed by atoms with E-state index < -0.39 is 0 Å². The summed E-state index contributed by atoms with van der Waals surface area (Å²) in [6.07, 6.45) is 1.67. The van der Waals surface area contributed by atoms with Crippen LogP contribution < -0.4 is 10.7 Å². The highest BCUT2D eigenvalue weighted by atomic mass is 32.1. The van der Waals surface area contributed by atoms with Crippen LogP contribution in [0.1, 0.15) is 5.56 Å². The fourth-order valence-corrected chi connectivity index (χ4v) is 2.52. The first kappa shape index (κ1) is 12.0. The lowest BCUT2D eigenvalue weighted by Crippen LogP contribution is -2.42. The first-order chi connectivity index (χ1) is 10.3. The Kier molecular flexibility index (Phi) is 2.64. The van der Waals surface area contributed by atoms with Gasteiger partial charge in [-0.05, 0) is 12.1 Å². The Morgan fingerprint density at radius 1 is 1.29 bits per heavy atom. The summed E-state index contributed by atoms with van der Waals surface area (Å²) in [7, 11) is 0. The molecule has 0 saturated heterocycles. The molecule has 3 aromatic rings. The van der Waals surface area contributed by atoms with Crippen LogP contribution in [0.5, 0.6) is 0 Å². The molecule has 1 aliphatic heterocycles. The second-order valence-electron chi connectivity index (χ2n) is 4.46. The molecular weight excluding hydrogens is 290 g/mol. The SMILES string of the molecule is O=C1NCC(c2ccc3[nH]c(-c4cnsn4)nc3c2)=NN1. The predicted molar refractivity (Wildman–Crippen MR) is 78.1 cm³/mol. The van der Waals surface area contributed by atoms with E-state index in [4.69, 9.17) is 0 Å². The van der Waals surface area contributed by atoms with Crippen molar-refractivity contribution < 1.29 is 4.79 Å². The van der Waals surface area contributed by atoms with Gasteiger partial charge in [0.2, 0.25) is 0 Å².